The minimum absolute atomic E-state index is 0.000926. The van der Waals surface area contributed by atoms with Crippen LogP contribution in [0.25, 0.3) is 0 Å². The van der Waals surface area contributed by atoms with Crippen LogP contribution in [0.3, 0.4) is 0 Å². The van der Waals surface area contributed by atoms with Crippen LogP contribution in [0.5, 0.6) is 0 Å². The summed E-state index contributed by atoms with van der Waals surface area (Å²) in [5, 5.41) is 0. The molecule has 24 heavy (non-hydrogen) atoms. The quantitative estimate of drug-likeness (QED) is 0.489. The van der Waals surface area contributed by atoms with E-state index in [1.807, 2.05) is 6.92 Å². The van der Waals surface area contributed by atoms with E-state index in [9.17, 15) is 4.79 Å². The van der Waals surface area contributed by atoms with E-state index >= 15 is 0 Å². The molecule has 0 amide bonds. The molecule has 0 aromatic rings. The Labute approximate surface area is 150 Å². The van der Waals surface area contributed by atoms with E-state index in [4.69, 9.17) is 9.16 Å². The van der Waals surface area contributed by atoms with Crippen LogP contribution in [0.15, 0.2) is 0 Å². The average Bonchev–Trinajstić information content (AvgIpc) is 2.85. The SMILES string of the molecule is CCOC(=O)[C@@H]1[C@@H]2[C@@H](O[Si]1(C(C)C)C(C)C)[C@H](C(C)C)CC[C@H]2C. The predicted octanol–water partition coefficient (Wildman–Crippen LogP) is 5.40. The maximum atomic E-state index is 13.1. The molecule has 0 aromatic heterocycles. The van der Waals surface area contributed by atoms with E-state index in [1.54, 1.807) is 0 Å². The molecule has 0 unspecified atom stereocenters. The van der Waals surface area contributed by atoms with Crippen molar-refractivity contribution in [3.05, 3.63) is 0 Å². The highest BCUT2D eigenvalue weighted by molar-refractivity contribution is 6.81. The molecule has 2 rings (SSSR count). The largest absolute Gasteiger partial charge is 0.466 e. The van der Waals surface area contributed by atoms with Gasteiger partial charge in [0.05, 0.1) is 18.3 Å². The molecule has 1 saturated carbocycles. The van der Waals surface area contributed by atoms with Gasteiger partial charge in [-0.3, -0.25) is 4.79 Å². The molecule has 5 atom stereocenters. The molecule has 1 aliphatic carbocycles. The van der Waals surface area contributed by atoms with Crippen LogP contribution in [0.1, 0.15) is 68.2 Å². The fraction of sp³-hybridized carbons (Fsp3) is 0.950. The first-order chi connectivity index (χ1) is 11.2. The Morgan fingerprint density at radius 3 is 2.17 bits per heavy atom. The van der Waals surface area contributed by atoms with Crippen LogP contribution in [0, 0.1) is 23.7 Å². The molecule has 0 N–H and O–H groups in total. The van der Waals surface area contributed by atoms with E-state index in [0.29, 0.717) is 41.4 Å². The first kappa shape index (κ1) is 20.0. The lowest BCUT2D eigenvalue weighted by Crippen LogP contribution is -2.49. The molecular weight excluding hydrogens is 316 g/mol. The summed E-state index contributed by atoms with van der Waals surface area (Å²) in [5.41, 5.74) is 0.856. The van der Waals surface area contributed by atoms with Crippen molar-refractivity contribution in [2.24, 2.45) is 23.7 Å². The predicted molar refractivity (Wildman–Crippen MR) is 101 cm³/mol. The van der Waals surface area contributed by atoms with Crippen LogP contribution in [0.4, 0.5) is 0 Å². The van der Waals surface area contributed by atoms with Crippen molar-refractivity contribution < 1.29 is 14.0 Å². The van der Waals surface area contributed by atoms with Crippen molar-refractivity contribution in [2.45, 2.75) is 91.0 Å². The lowest BCUT2D eigenvalue weighted by molar-refractivity contribution is -0.145. The number of hydrogen-bond donors (Lipinski definition) is 0. The smallest absolute Gasteiger partial charge is 0.308 e. The number of fused-ring (bicyclic) bond motifs is 1. The van der Waals surface area contributed by atoms with Gasteiger partial charge in [-0.1, -0.05) is 48.5 Å². The van der Waals surface area contributed by atoms with E-state index < -0.39 is 8.32 Å². The maximum absolute atomic E-state index is 13.1. The molecule has 0 spiro atoms. The van der Waals surface area contributed by atoms with Gasteiger partial charge in [0.1, 0.15) is 0 Å². The monoisotopic (exact) mass is 354 g/mol. The molecule has 0 bridgehead atoms. The van der Waals surface area contributed by atoms with Gasteiger partial charge in [0, 0.05) is 0 Å². The van der Waals surface area contributed by atoms with Gasteiger partial charge in [-0.2, -0.15) is 0 Å². The maximum Gasteiger partial charge on any atom is 0.308 e. The minimum Gasteiger partial charge on any atom is -0.466 e. The number of carbonyl (C=O) groups is 1. The number of hydrogen-bond acceptors (Lipinski definition) is 3. The molecule has 2 fully saturated rings. The second kappa shape index (κ2) is 7.49. The summed E-state index contributed by atoms with van der Waals surface area (Å²) in [6, 6.07) is 0. The highest BCUT2D eigenvalue weighted by atomic mass is 28.4. The summed E-state index contributed by atoms with van der Waals surface area (Å²) < 4.78 is 12.6. The summed E-state index contributed by atoms with van der Waals surface area (Å²) in [6.45, 7) is 18.4. The first-order valence-corrected chi connectivity index (χ1v) is 12.2. The third-order valence-electron chi connectivity index (χ3n) is 6.83. The van der Waals surface area contributed by atoms with Gasteiger partial charge in [-0.15, -0.1) is 0 Å². The Balaban J connectivity index is 2.53. The Bertz CT molecular complexity index is 438. The Kier molecular flexibility index (Phi) is 6.23. The average molecular weight is 355 g/mol. The molecule has 1 saturated heterocycles. The summed E-state index contributed by atoms with van der Waals surface area (Å²) >= 11 is 0. The third kappa shape index (κ3) is 3.09. The molecule has 3 nitrogen and oxygen atoms in total. The Morgan fingerprint density at radius 1 is 1.12 bits per heavy atom. The van der Waals surface area contributed by atoms with Crippen LogP contribution in [-0.4, -0.2) is 27.0 Å². The van der Waals surface area contributed by atoms with E-state index in [2.05, 4.69) is 48.5 Å². The fourth-order valence-electron chi connectivity index (χ4n) is 5.66. The van der Waals surface area contributed by atoms with E-state index in [1.165, 1.54) is 12.8 Å². The number of rotatable bonds is 5. The molecule has 4 heteroatoms. The topological polar surface area (TPSA) is 35.5 Å². The lowest BCUT2D eigenvalue weighted by atomic mass is 9.68. The number of carbonyl (C=O) groups excluding carboxylic acids is 1. The van der Waals surface area contributed by atoms with Gasteiger partial charge in [-0.05, 0) is 54.5 Å². The lowest BCUT2D eigenvalue weighted by Gasteiger charge is -2.40. The van der Waals surface area contributed by atoms with E-state index in [0.717, 1.165) is 0 Å². The van der Waals surface area contributed by atoms with Crippen molar-refractivity contribution in [1.82, 2.24) is 0 Å². The molecule has 140 valence electrons. The van der Waals surface area contributed by atoms with Crippen LogP contribution < -0.4 is 0 Å². The van der Waals surface area contributed by atoms with Crippen molar-refractivity contribution in [2.75, 3.05) is 6.61 Å². The molecular formula is C20H38O3Si. The highest BCUT2D eigenvalue weighted by Crippen LogP contribution is 2.60. The third-order valence-corrected chi connectivity index (χ3v) is 12.7. The summed E-state index contributed by atoms with van der Waals surface area (Å²) in [4.78, 5) is 13.1. The second-order valence-corrected chi connectivity index (χ2v) is 13.9. The standard InChI is InChI=1S/C20H38O3Si/c1-9-22-20(21)19-17-15(8)10-11-16(12(2)3)18(17)23-24(19,13(4)5)14(6)7/h12-19H,9-11H2,1-8H3/t15-,16+,17+,18+,19+/m1/s1. The van der Waals surface area contributed by atoms with Gasteiger partial charge in [0.15, 0.2) is 0 Å². The molecule has 0 radical (unpaired) electrons. The fourth-order valence-corrected chi connectivity index (χ4v) is 11.5. The van der Waals surface area contributed by atoms with Crippen molar-refractivity contribution in [3.63, 3.8) is 0 Å². The molecule has 1 heterocycles. The van der Waals surface area contributed by atoms with Gasteiger partial charge >= 0.3 is 5.97 Å². The number of esters is 1. The van der Waals surface area contributed by atoms with Gasteiger partial charge in [0.2, 0.25) is 8.32 Å². The first-order valence-electron chi connectivity index (χ1n) is 10.0. The van der Waals surface area contributed by atoms with Crippen molar-refractivity contribution in [1.29, 1.82) is 0 Å². The minimum atomic E-state index is -2.25. The van der Waals surface area contributed by atoms with Crippen molar-refractivity contribution in [3.8, 4) is 0 Å². The highest BCUT2D eigenvalue weighted by Gasteiger charge is 2.66. The normalized spacial score (nSPS) is 35.5. The van der Waals surface area contributed by atoms with Crippen LogP contribution in [0.2, 0.25) is 16.6 Å². The summed E-state index contributed by atoms with van der Waals surface area (Å²) in [7, 11) is -2.25. The molecule has 2 aliphatic rings. The zero-order valence-corrected chi connectivity index (χ0v) is 18.0. The van der Waals surface area contributed by atoms with Gasteiger partial charge < -0.3 is 9.16 Å². The van der Waals surface area contributed by atoms with Gasteiger partial charge in [-0.25, -0.2) is 0 Å². The van der Waals surface area contributed by atoms with Crippen LogP contribution >= 0.6 is 0 Å². The Hall–Kier alpha value is -0.353. The zero-order chi connectivity index (χ0) is 18.2. The summed E-state index contributed by atoms with van der Waals surface area (Å²) in [6.07, 6.45) is 2.69. The molecule has 0 aromatic carbocycles. The Morgan fingerprint density at radius 2 is 1.71 bits per heavy atom. The van der Waals surface area contributed by atoms with Crippen LogP contribution in [-0.2, 0) is 14.0 Å². The van der Waals surface area contributed by atoms with Gasteiger partial charge in [0.25, 0.3) is 0 Å². The zero-order valence-electron chi connectivity index (χ0n) is 17.0. The number of ether oxygens (including phenoxy) is 1. The van der Waals surface area contributed by atoms with E-state index in [-0.39, 0.29) is 17.6 Å². The molecule has 1 aliphatic heterocycles. The second-order valence-electron chi connectivity index (χ2n) is 9.01. The summed E-state index contributed by atoms with van der Waals surface area (Å²) in [5.74, 6) is 2.11. The van der Waals surface area contributed by atoms with Crippen molar-refractivity contribution >= 4 is 14.3 Å².